The summed E-state index contributed by atoms with van der Waals surface area (Å²) in [6.45, 7) is 5.91. The van der Waals surface area contributed by atoms with Gasteiger partial charge in [-0.25, -0.2) is 14.6 Å². The van der Waals surface area contributed by atoms with E-state index in [0.717, 1.165) is 24.2 Å². The van der Waals surface area contributed by atoms with E-state index in [9.17, 15) is 9.59 Å². The van der Waals surface area contributed by atoms with Gasteiger partial charge in [-0.2, -0.15) is 0 Å². The molecule has 0 aliphatic heterocycles. The van der Waals surface area contributed by atoms with Gasteiger partial charge in [0.05, 0.1) is 12.2 Å². The van der Waals surface area contributed by atoms with Crippen LogP contribution in [0, 0.1) is 6.92 Å². The van der Waals surface area contributed by atoms with E-state index < -0.39 is 5.97 Å². The summed E-state index contributed by atoms with van der Waals surface area (Å²) in [6, 6.07) is -0.0916. The van der Waals surface area contributed by atoms with Crippen LogP contribution in [0.25, 0.3) is 0 Å². The van der Waals surface area contributed by atoms with Crippen LogP contribution in [0.3, 0.4) is 0 Å². The first-order valence-electron chi connectivity index (χ1n) is 6.21. The zero-order valence-corrected chi connectivity index (χ0v) is 12.1. The van der Waals surface area contributed by atoms with Crippen molar-refractivity contribution in [2.75, 3.05) is 0 Å². The second-order valence-corrected chi connectivity index (χ2v) is 5.25. The van der Waals surface area contributed by atoms with Gasteiger partial charge in [0.15, 0.2) is 0 Å². The quantitative estimate of drug-likeness (QED) is 0.746. The zero-order chi connectivity index (χ0) is 14.4. The summed E-state index contributed by atoms with van der Waals surface area (Å²) in [5, 5.41) is 15.0. The van der Waals surface area contributed by atoms with Crippen molar-refractivity contribution >= 4 is 23.3 Å². The normalized spacial score (nSPS) is 10.5. The summed E-state index contributed by atoms with van der Waals surface area (Å²) in [5.41, 5.74) is 0.481. The van der Waals surface area contributed by atoms with Gasteiger partial charge in [0.2, 0.25) is 0 Å². The van der Waals surface area contributed by atoms with Gasteiger partial charge in [0.1, 0.15) is 9.88 Å². The summed E-state index contributed by atoms with van der Waals surface area (Å²) < 4.78 is 0. The van der Waals surface area contributed by atoms with E-state index in [-0.39, 0.29) is 23.5 Å². The fourth-order valence-corrected chi connectivity index (χ4v) is 2.45. The van der Waals surface area contributed by atoms with Crippen LogP contribution in [-0.4, -0.2) is 28.1 Å². The van der Waals surface area contributed by atoms with E-state index >= 15 is 0 Å². The number of aromatic nitrogens is 1. The van der Waals surface area contributed by atoms with E-state index in [1.54, 1.807) is 6.92 Å². The number of aryl methyl sites for hydroxylation is 1. The highest BCUT2D eigenvalue weighted by molar-refractivity contribution is 7.13. The van der Waals surface area contributed by atoms with Gasteiger partial charge < -0.3 is 15.7 Å². The highest BCUT2D eigenvalue weighted by Crippen LogP contribution is 2.17. The van der Waals surface area contributed by atoms with Crippen LogP contribution in [0.4, 0.5) is 4.79 Å². The number of carboxylic acid groups (broad SMARTS) is 1. The van der Waals surface area contributed by atoms with Crippen molar-refractivity contribution < 1.29 is 14.7 Å². The van der Waals surface area contributed by atoms with Crippen LogP contribution in [0.2, 0.25) is 0 Å². The number of thiazole rings is 1. The molecule has 7 heteroatoms. The number of carboxylic acids is 1. The third-order valence-corrected chi connectivity index (χ3v) is 3.90. The molecular weight excluding hydrogens is 266 g/mol. The van der Waals surface area contributed by atoms with Gasteiger partial charge in [-0.05, 0) is 19.8 Å². The first-order chi connectivity index (χ1) is 8.97. The highest BCUT2D eigenvalue weighted by Gasteiger charge is 2.14. The molecule has 0 atom stereocenters. The number of carbonyl (C=O) groups excluding carboxylic acids is 1. The van der Waals surface area contributed by atoms with E-state index in [1.165, 1.54) is 0 Å². The summed E-state index contributed by atoms with van der Waals surface area (Å²) in [7, 11) is 0. The summed E-state index contributed by atoms with van der Waals surface area (Å²) in [4.78, 5) is 26.8. The number of aromatic carboxylic acids is 1. The second-order valence-electron chi connectivity index (χ2n) is 4.17. The molecule has 0 fully saturated rings. The second kappa shape index (κ2) is 7.08. The molecule has 0 radical (unpaired) electrons. The smallest absolute Gasteiger partial charge is 0.347 e. The Balaban J connectivity index is 2.50. The number of carbonyl (C=O) groups is 2. The Kier molecular flexibility index (Phi) is 5.75. The van der Waals surface area contributed by atoms with Crippen LogP contribution in [0.5, 0.6) is 0 Å². The topological polar surface area (TPSA) is 91.3 Å². The Hall–Kier alpha value is -1.63. The maximum atomic E-state index is 11.6. The molecule has 1 aromatic heterocycles. The molecule has 0 saturated heterocycles. The van der Waals surface area contributed by atoms with Crippen molar-refractivity contribution in [3.63, 3.8) is 0 Å². The van der Waals surface area contributed by atoms with Gasteiger partial charge in [-0.1, -0.05) is 13.8 Å². The van der Waals surface area contributed by atoms with Gasteiger partial charge in [-0.3, -0.25) is 0 Å². The Morgan fingerprint density at radius 2 is 2.00 bits per heavy atom. The lowest BCUT2D eigenvalue weighted by Crippen LogP contribution is -2.41. The van der Waals surface area contributed by atoms with Gasteiger partial charge in [0.25, 0.3) is 0 Å². The van der Waals surface area contributed by atoms with E-state index in [4.69, 9.17) is 5.11 Å². The molecule has 106 valence electrons. The molecule has 0 spiro atoms. The Morgan fingerprint density at radius 3 is 2.47 bits per heavy atom. The minimum atomic E-state index is -0.984. The lowest BCUT2D eigenvalue weighted by atomic mass is 10.2. The number of amides is 2. The van der Waals surface area contributed by atoms with Crippen LogP contribution >= 0.6 is 11.3 Å². The number of rotatable bonds is 6. The van der Waals surface area contributed by atoms with Crippen molar-refractivity contribution in [1.82, 2.24) is 15.6 Å². The zero-order valence-electron chi connectivity index (χ0n) is 11.3. The molecule has 1 heterocycles. The molecule has 1 rings (SSSR count). The average Bonchev–Trinajstić information content (AvgIpc) is 2.75. The third-order valence-electron chi connectivity index (χ3n) is 2.76. The van der Waals surface area contributed by atoms with E-state index in [2.05, 4.69) is 15.6 Å². The SMILES string of the molecule is CCC(CC)NC(=O)NCc1nc(C)c(C(=O)O)s1. The first-order valence-corrected chi connectivity index (χ1v) is 7.03. The first kappa shape index (κ1) is 15.4. The van der Waals surface area contributed by atoms with Gasteiger partial charge in [-0.15, -0.1) is 11.3 Å². The van der Waals surface area contributed by atoms with Gasteiger partial charge >= 0.3 is 12.0 Å². The predicted molar refractivity (Wildman–Crippen MR) is 73.6 cm³/mol. The van der Waals surface area contributed by atoms with Crippen molar-refractivity contribution in [1.29, 1.82) is 0 Å². The molecular formula is C12H19N3O3S. The fraction of sp³-hybridized carbons (Fsp3) is 0.583. The molecule has 0 saturated carbocycles. The van der Waals surface area contributed by atoms with Gasteiger partial charge in [0, 0.05) is 6.04 Å². The standard InChI is InChI=1S/C12H19N3O3S/c1-4-8(5-2)15-12(18)13-6-9-14-7(3)10(19-9)11(16)17/h8H,4-6H2,1-3H3,(H,16,17)(H2,13,15,18). The van der Waals surface area contributed by atoms with Crippen LogP contribution in [0.1, 0.15) is 47.1 Å². The third kappa shape index (κ3) is 4.51. The number of urea groups is 1. The van der Waals surface area contributed by atoms with Crippen molar-refractivity contribution in [3.05, 3.63) is 15.6 Å². The molecule has 0 aromatic carbocycles. The van der Waals surface area contributed by atoms with E-state index in [1.807, 2.05) is 13.8 Å². The highest BCUT2D eigenvalue weighted by atomic mass is 32.1. The summed E-state index contributed by atoms with van der Waals surface area (Å²) in [6.07, 6.45) is 1.76. The van der Waals surface area contributed by atoms with Crippen LogP contribution < -0.4 is 10.6 Å². The maximum absolute atomic E-state index is 11.6. The average molecular weight is 285 g/mol. The number of hydrogen-bond acceptors (Lipinski definition) is 4. The summed E-state index contributed by atoms with van der Waals surface area (Å²) in [5.74, 6) is -0.984. The largest absolute Gasteiger partial charge is 0.477 e. The molecule has 1 aromatic rings. The minimum Gasteiger partial charge on any atom is -0.477 e. The molecule has 0 aliphatic rings. The predicted octanol–water partition coefficient (Wildman–Crippen LogP) is 2.14. The van der Waals surface area contributed by atoms with Crippen LogP contribution in [0.15, 0.2) is 0 Å². The van der Waals surface area contributed by atoms with Crippen LogP contribution in [-0.2, 0) is 6.54 Å². The lowest BCUT2D eigenvalue weighted by molar-refractivity contribution is 0.0701. The monoisotopic (exact) mass is 285 g/mol. The Labute approximate surface area is 116 Å². The molecule has 0 unspecified atom stereocenters. The van der Waals surface area contributed by atoms with Crippen molar-refractivity contribution in [2.24, 2.45) is 0 Å². The lowest BCUT2D eigenvalue weighted by Gasteiger charge is -2.14. The number of hydrogen-bond donors (Lipinski definition) is 3. The van der Waals surface area contributed by atoms with Crippen molar-refractivity contribution in [2.45, 2.75) is 46.2 Å². The number of nitrogens with zero attached hydrogens (tertiary/aromatic N) is 1. The maximum Gasteiger partial charge on any atom is 0.347 e. The molecule has 0 aliphatic carbocycles. The summed E-state index contributed by atoms with van der Waals surface area (Å²) >= 11 is 1.09. The minimum absolute atomic E-state index is 0.160. The Morgan fingerprint density at radius 1 is 1.37 bits per heavy atom. The molecule has 2 amide bonds. The van der Waals surface area contributed by atoms with Crippen molar-refractivity contribution in [3.8, 4) is 0 Å². The van der Waals surface area contributed by atoms with E-state index in [0.29, 0.717) is 10.7 Å². The molecule has 19 heavy (non-hydrogen) atoms. The number of nitrogens with one attached hydrogen (secondary N) is 2. The molecule has 3 N–H and O–H groups in total. The molecule has 6 nitrogen and oxygen atoms in total. The molecule has 0 bridgehead atoms. The fourth-order valence-electron chi connectivity index (χ4n) is 1.61. The Bertz CT molecular complexity index is 455.